The Bertz CT molecular complexity index is 1680. The molecule has 0 atom stereocenters. The number of rotatable bonds is 10. The lowest BCUT2D eigenvalue weighted by atomic mass is 9.84. The van der Waals surface area contributed by atoms with Crippen molar-refractivity contribution in [2.75, 3.05) is 13.2 Å². The van der Waals surface area contributed by atoms with Gasteiger partial charge < -0.3 is 24.6 Å². The van der Waals surface area contributed by atoms with E-state index in [0.29, 0.717) is 27.8 Å². The van der Waals surface area contributed by atoms with Crippen molar-refractivity contribution in [2.24, 2.45) is 0 Å². The van der Waals surface area contributed by atoms with Crippen LogP contribution in [0.4, 0.5) is 8.78 Å². The molecular weight excluding hydrogens is 528 g/mol. The van der Waals surface area contributed by atoms with Crippen LogP contribution in [0.1, 0.15) is 39.7 Å². The second kappa shape index (κ2) is 11.5. The number of carboxylic acids is 1. The Morgan fingerprint density at radius 2 is 1.51 bits per heavy atom. The van der Waals surface area contributed by atoms with Gasteiger partial charge in [-0.05, 0) is 72.1 Å². The van der Waals surface area contributed by atoms with Crippen LogP contribution < -0.4 is 4.74 Å². The molecule has 1 heterocycles. The van der Waals surface area contributed by atoms with Crippen molar-refractivity contribution in [2.45, 2.75) is 25.4 Å². The molecule has 0 spiro atoms. The summed E-state index contributed by atoms with van der Waals surface area (Å²) < 4.78 is 37.4. The molecule has 0 bridgehead atoms. The first-order chi connectivity index (χ1) is 19.8. The number of benzene rings is 4. The molecule has 0 amide bonds. The average molecular weight is 558 g/mol. The molecule has 0 aliphatic rings. The number of hydrogen-bond acceptors (Lipinski definition) is 4. The number of aliphatic hydroxyl groups is 2. The Morgan fingerprint density at radius 3 is 2.12 bits per heavy atom. The lowest BCUT2D eigenvalue weighted by molar-refractivity contribution is 0.0697. The highest BCUT2D eigenvalue weighted by molar-refractivity contribution is 5.94. The number of nitrogens with zero attached hydrogens (tertiary/aromatic N) is 1. The van der Waals surface area contributed by atoms with Gasteiger partial charge in [0.05, 0.1) is 29.7 Å². The van der Waals surface area contributed by atoms with Crippen molar-refractivity contribution in [3.05, 3.63) is 131 Å². The topological polar surface area (TPSA) is 91.9 Å². The molecule has 8 heteroatoms. The molecule has 0 saturated carbocycles. The van der Waals surface area contributed by atoms with Crippen LogP contribution in [-0.4, -0.2) is 39.1 Å². The van der Waals surface area contributed by atoms with Crippen molar-refractivity contribution in [1.82, 2.24) is 4.57 Å². The monoisotopic (exact) mass is 557 g/mol. The lowest BCUT2D eigenvalue weighted by Crippen LogP contribution is -2.34. The third kappa shape index (κ3) is 5.44. The van der Waals surface area contributed by atoms with Crippen molar-refractivity contribution >= 4 is 16.9 Å². The third-order valence-corrected chi connectivity index (χ3v) is 7.30. The number of carbonyl (C=O) groups is 1. The van der Waals surface area contributed by atoms with Gasteiger partial charge in [0, 0.05) is 23.2 Å². The molecule has 0 aliphatic carbocycles. The third-order valence-electron chi connectivity index (χ3n) is 7.30. The van der Waals surface area contributed by atoms with Crippen LogP contribution >= 0.6 is 0 Å². The average Bonchev–Trinajstić information content (AvgIpc) is 3.32. The molecule has 0 aliphatic heterocycles. The highest BCUT2D eigenvalue weighted by atomic mass is 19.1. The van der Waals surface area contributed by atoms with E-state index in [0.717, 1.165) is 11.1 Å². The number of aliphatic hydroxyl groups excluding tert-OH is 2. The summed E-state index contributed by atoms with van der Waals surface area (Å²) in [4.78, 5) is 11.4. The Labute approximate surface area is 235 Å². The first kappa shape index (κ1) is 28.0. The number of aromatic carboxylic acids is 1. The molecule has 5 rings (SSSR count). The maximum atomic E-state index is 15.6. The number of fused-ring (bicyclic) bond motifs is 1. The zero-order valence-corrected chi connectivity index (χ0v) is 22.3. The number of halogens is 2. The van der Waals surface area contributed by atoms with Gasteiger partial charge >= 0.3 is 5.97 Å². The van der Waals surface area contributed by atoms with Gasteiger partial charge in [0.15, 0.2) is 11.6 Å². The molecule has 3 N–H and O–H groups in total. The van der Waals surface area contributed by atoms with Crippen LogP contribution in [0.3, 0.4) is 0 Å². The SMILES string of the molecule is CC(CO)(CO)c1c(Cc2ccc(C(=O)O)cc2)c2c(OCc3ccccc3)c(F)ccc2n1-c1ccc(F)cc1. The minimum Gasteiger partial charge on any atom is -0.485 e. The second-order valence-electron chi connectivity index (χ2n) is 10.2. The van der Waals surface area contributed by atoms with Crippen LogP contribution in [0.2, 0.25) is 0 Å². The van der Waals surface area contributed by atoms with E-state index in [2.05, 4.69) is 0 Å². The van der Waals surface area contributed by atoms with Crippen LogP contribution in [0.25, 0.3) is 16.6 Å². The normalized spacial score (nSPS) is 11.6. The number of carboxylic acid groups (broad SMARTS) is 1. The van der Waals surface area contributed by atoms with Gasteiger partial charge in [0.25, 0.3) is 0 Å². The smallest absolute Gasteiger partial charge is 0.335 e. The fourth-order valence-corrected chi connectivity index (χ4v) is 5.10. The standard InChI is InChI=1S/C33H29F2NO5/c1-33(19-37,20-38)31-26(17-21-7-9-23(10-8-21)32(39)40)29-28(36(31)25-13-11-24(34)12-14-25)16-15-27(35)30(29)41-18-22-5-3-2-4-6-22/h2-16,37-38H,17-20H2,1H3,(H,39,40). The Morgan fingerprint density at radius 1 is 0.854 bits per heavy atom. The maximum Gasteiger partial charge on any atom is 0.335 e. The zero-order valence-electron chi connectivity index (χ0n) is 22.3. The summed E-state index contributed by atoms with van der Waals surface area (Å²) in [7, 11) is 0. The lowest BCUT2D eigenvalue weighted by Gasteiger charge is -2.29. The molecule has 0 unspecified atom stereocenters. The summed E-state index contributed by atoms with van der Waals surface area (Å²) in [6.07, 6.45) is 0.209. The molecule has 6 nitrogen and oxygen atoms in total. The molecular formula is C33H29F2NO5. The Hall–Kier alpha value is -4.53. The minimum absolute atomic E-state index is 0.00357. The van der Waals surface area contributed by atoms with E-state index in [1.54, 1.807) is 41.8 Å². The summed E-state index contributed by atoms with van der Waals surface area (Å²) in [5.74, 6) is -2.08. The fraction of sp³-hybridized carbons (Fsp3) is 0.182. The van der Waals surface area contributed by atoms with Gasteiger partial charge in [-0.1, -0.05) is 42.5 Å². The van der Waals surface area contributed by atoms with Crippen LogP contribution in [0, 0.1) is 11.6 Å². The molecule has 41 heavy (non-hydrogen) atoms. The van der Waals surface area contributed by atoms with Crippen LogP contribution in [-0.2, 0) is 18.4 Å². The Kier molecular flexibility index (Phi) is 7.88. The van der Waals surface area contributed by atoms with Crippen LogP contribution in [0.5, 0.6) is 5.75 Å². The molecule has 4 aromatic carbocycles. The molecule has 0 radical (unpaired) electrons. The van der Waals surface area contributed by atoms with Crippen molar-refractivity contribution in [1.29, 1.82) is 0 Å². The van der Waals surface area contributed by atoms with E-state index < -0.39 is 36.2 Å². The van der Waals surface area contributed by atoms with E-state index in [4.69, 9.17) is 4.74 Å². The van der Waals surface area contributed by atoms with E-state index in [1.807, 2.05) is 30.3 Å². The fourth-order valence-electron chi connectivity index (χ4n) is 5.10. The highest BCUT2D eigenvalue weighted by Gasteiger charge is 2.36. The maximum absolute atomic E-state index is 15.6. The summed E-state index contributed by atoms with van der Waals surface area (Å²) in [6, 6.07) is 24.3. The van der Waals surface area contributed by atoms with Gasteiger partial charge in [-0.15, -0.1) is 0 Å². The first-order valence-electron chi connectivity index (χ1n) is 13.1. The number of ether oxygens (including phenoxy) is 1. The van der Waals surface area contributed by atoms with Crippen molar-refractivity contribution in [3.8, 4) is 11.4 Å². The molecule has 5 aromatic rings. The van der Waals surface area contributed by atoms with Crippen molar-refractivity contribution < 1.29 is 33.6 Å². The minimum atomic E-state index is -1.20. The first-order valence-corrected chi connectivity index (χ1v) is 13.1. The predicted octanol–water partition coefficient (Wildman–Crippen LogP) is 6.02. The van der Waals surface area contributed by atoms with Gasteiger partial charge in [0.1, 0.15) is 12.4 Å². The largest absolute Gasteiger partial charge is 0.485 e. The van der Waals surface area contributed by atoms with Gasteiger partial charge in [0.2, 0.25) is 0 Å². The van der Waals surface area contributed by atoms with E-state index in [1.165, 1.54) is 30.3 Å². The van der Waals surface area contributed by atoms with E-state index in [-0.39, 0.29) is 24.3 Å². The number of aromatic nitrogens is 1. The molecule has 0 saturated heterocycles. The second-order valence-corrected chi connectivity index (χ2v) is 10.2. The summed E-state index contributed by atoms with van der Waals surface area (Å²) >= 11 is 0. The van der Waals surface area contributed by atoms with Gasteiger partial charge in [-0.2, -0.15) is 0 Å². The van der Waals surface area contributed by atoms with E-state index >= 15 is 4.39 Å². The van der Waals surface area contributed by atoms with E-state index in [9.17, 15) is 24.5 Å². The van der Waals surface area contributed by atoms with Crippen LogP contribution in [0.15, 0.2) is 91.0 Å². The van der Waals surface area contributed by atoms with Crippen molar-refractivity contribution in [3.63, 3.8) is 0 Å². The molecule has 210 valence electrons. The quantitative estimate of drug-likeness (QED) is 0.195. The number of hydrogen-bond donors (Lipinski definition) is 3. The zero-order chi connectivity index (χ0) is 29.1. The predicted molar refractivity (Wildman–Crippen MR) is 152 cm³/mol. The molecule has 0 fully saturated rings. The van der Waals surface area contributed by atoms with Gasteiger partial charge in [-0.25, -0.2) is 13.6 Å². The summed E-state index contributed by atoms with van der Waals surface area (Å²) in [5.41, 5.74) is 2.67. The summed E-state index contributed by atoms with van der Waals surface area (Å²) in [5, 5.41) is 30.9. The Balaban J connectivity index is 1.81. The molecule has 1 aromatic heterocycles. The van der Waals surface area contributed by atoms with Gasteiger partial charge in [-0.3, -0.25) is 0 Å². The summed E-state index contributed by atoms with van der Waals surface area (Å²) in [6.45, 7) is 0.917. The highest BCUT2D eigenvalue weighted by Crippen LogP contribution is 2.43.